The Morgan fingerprint density at radius 1 is 1.28 bits per heavy atom. The molecule has 0 atom stereocenters. The van der Waals surface area contributed by atoms with Gasteiger partial charge in [-0.25, -0.2) is 4.98 Å². The molecule has 1 aliphatic rings. The summed E-state index contributed by atoms with van der Waals surface area (Å²) in [5.41, 5.74) is 3.12. The molecule has 0 unspecified atom stereocenters. The average molecular weight is 416 g/mol. The summed E-state index contributed by atoms with van der Waals surface area (Å²) in [6, 6.07) is 6.11. The second-order valence-electron chi connectivity index (χ2n) is 7.92. The van der Waals surface area contributed by atoms with Crippen molar-refractivity contribution in [3.8, 4) is 5.75 Å². The fourth-order valence-electron chi connectivity index (χ4n) is 3.48. The summed E-state index contributed by atoms with van der Waals surface area (Å²) in [5.74, 6) is 0.978. The molecule has 2 amide bonds. The van der Waals surface area contributed by atoms with Gasteiger partial charge in [0.1, 0.15) is 5.75 Å². The van der Waals surface area contributed by atoms with E-state index in [0.717, 1.165) is 22.6 Å². The number of aromatic nitrogens is 1. The summed E-state index contributed by atoms with van der Waals surface area (Å²) in [4.78, 5) is 31.1. The summed E-state index contributed by atoms with van der Waals surface area (Å²) in [6.07, 6.45) is 1.31. The first kappa shape index (κ1) is 21.3. The van der Waals surface area contributed by atoms with Crippen LogP contribution in [0.2, 0.25) is 0 Å². The quantitative estimate of drug-likeness (QED) is 0.770. The number of carbonyl (C=O) groups is 2. The molecule has 0 saturated carbocycles. The lowest BCUT2D eigenvalue weighted by molar-refractivity contribution is -0.136. The van der Waals surface area contributed by atoms with E-state index in [-0.39, 0.29) is 24.3 Å². The second kappa shape index (κ2) is 9.39. The van der Waals surface area contributed by atoms with E-state index in [1.807, 2.05) is 25.3 Å². The third-order valence-corrected chi connectivity index (χ3v) is 6.09. The number of nitrogens with zero attached hydrogens (tertiary/aromatic N) is 2. The third kappa shape index (κ3) is 5.56. The summed E-state index contributed by atoms with van der Waals surface area (Å²) in [7, 11) is 0. The van der Waals surface area contributed by atoms with Crippen LogP contribution in [0.5, 0.6) is 5.75 Å². The van der Waals surface area contributed by atoms with Gasteiger partial charge in [-0.2, -0.15) is 0 Å². The molecule has 0 spiro atoms. The number of thiazole rings is 1. The molecule has 1 N–H and O–H groups in total. The first-order valence-electron chi connectivity index (χ1n) is 10.1. The molecule has 1 aliphatic heterocycles. The fraction of sp³-hybridized carbons (Fsp3) is 0.500. The zero-order valence-corrected chi connectivity index (χ0v) is 18.3. The normalized spacial score (nSPS) is 14.9. The maximum atomic E-state index is 12.6. The number of likely N-dealkylation sites (tertiary alicyclic amines) is 1. The molecule has 6 nitrogen and oxygen atoms in total. The predicted octanol–water partition coefficient (Wildman–Crippen LogP) is 4.14. The highest BCUT2D eigenvalue weighted by molar-refractivity contribution is 7.13. The van der Waals surface area contributed by atoms with Gasteiger partial charge in [0.05, 0.1) is 5.69 Å². The molecule has 1 aromatic carbocycles. The van der Waals surface area contributed by atoms with Crippen LogP contribution >= 0.6 is 11.3 Å². The molecular formula is C22H29N3O3S. The van der Waals surface area contributed by atoms with Crippen molar-refractivity contribution in [3.05, 3.63) is 40.4 Å². The molecule has 1 aromatic heterocycles. The Labute approximate surface area is 176 Å². The van der Waals surface area contributed by atoms with Crippen molar-refractivity contribution < 1.29 is 14.3 Å². The lowest BCUT2D eigenvalue weighted by Gasteiger charge is -2.31. The number of hydrogen-bond donors (Lipinski definition) is 1. The minimum atomic E-state index is -0.0894. The van der Waals surface area contributed by atoms with Gasteiger partial charge in [-0.1, -0.05) is 26.0 Å². The van der Waals surface area contributed by atoms with Gasteiger partial charge in [0.2, 0.25) is 5.91 Å². The number of rotatable bonds is 6. The Kier molecular flexibility index (Phi) is 6.90. The molecule has 2 heterocycles. The summed E-state index contributed by atoms with van der Waals surface area (Å²) in [6.45, 7) is 9.31. The minimum Gasteiger partial charge on any atom is -0.483 e. The second-order valence-corrected chi connectivity index (χ2v) is 8.78. The van der Waals surface area contributed by atoms with Crippen molar-refractivity contribution in [3.63, 3.8) is 0 Å². The van der Waals surface area contributed by atoms with Crippen molar-refractivity contribution in [1.82, 2.24) is 9.88 Å². The fourth-order valence-corrected chi connectivity index (χ4v) is 4.18. The van der Waals surface area contributed by atoms with Gasteiger partial charge in [0, 0.05) is 24.4 Å². The highest BCUT2D eigenvalue weighted by atomic mass is 32.1. The molecule has 7 heteroatoms. The van der Waals surface area contributed by atoms with E-state index in [2.05, 4.69) is 36.3 Å². The minimum absolute atomic E-state index is 0.0102. The van der Waals surface area contributed by atoms with Gasteiger partial charge in [-0.05, 0) is 49.8 Å². The van der Waals surface area contributed by atoms with Crippen LogP contribution in [0.4, 0.5) is 5.13 Å². The van der Waals surface area contributed by atoms with Gasteiger partial charge in [0.25, 0.3) is 5.91 Å². The van der Waals surface area contributed by atoms with Gasteiger partial charge in [-0.3, -0.25) is 9.59 Å². The van der Waals surface area contributed by atoms with Crippen LogP contribution in [0.15, 0.2) is 23.6 Å². The number of hydrogen-bond acceptors (Lipinski definition) is 5. The Morgan fingerprint density at radius 3 is 2.62 bits per heavy atom. The number of amides is 2. The van der Waals surface area contributed by atoms with Crippen molar-refractivity contribution >= 4 is 28.3 Å². The zero-order chi connectivity index (χ0) is 21.0. The van der Waals surface area contributed by atoms with E-state index in [1.165, 1.54) is 11.3 Å². The number of carbonyl (C=O) groups excluding carboxylic acids is 2. The van der Waals surface area contributed by atoms with E-state index in [0.29, 0.717) is 37.0 Å². The van der Waals surface area contributed by atoms with Crippen LogP contribution in [0, 0.1) is 19.8 Å². The zero-order valence-electron chi connectivity index (χ0n) is 17.5. The first-order valence-corrected chi connectivity index (χ1v) is 11.0. The Hall–Kier alpha value is -2.41. The molecule has 1 saturated heterocycles. The SMILES string of the molecule is Cc1ccc(C(C)C)c(OCC(=O)N2CCC(C(=O)Nc3nc(C)cs3)CC2)c1. The molecule has 1 fully saturated rings. The molecule has 0 bridgehead atoms. The Morgan fingerprint density at radius 2 is 2.00 bits per heavy atom. The largest absolute Gasteiger partial charge is 0.483 e. The van der Waals surface area contributed by atoms with E-state index >= 15 is 0 Å². The third-order valence-electron chi connectivity index (χ3n) is 5.21. The standard InChI is InChI=1S/C22H29N3O3S/c1-14(2)18-6-5-15(3)11-19(18)28-12-20(26)25-9-7-17(8-10-25)21(27)24-22-23-16(4)13-29-22/h5-6,11,13-14,17H,7-10,12H2,1-4H3,(H,23,24,27). The Bertz CT molecular complexity index is 870. The molecule has 0 radical (unpaired) electrons. The number of benzene rings is 1. The van der Waals surface area contributed by atoms with Crippen LogP contribution in [-0.4, -0.2) is 41.4 Å². The smallest absolute Gasteiger partial charge is 0.260 e. The monoisotopic (exact) mass is 415 g/mol. The first-order chi connectivity index (χ1) is 13.8. The maximum absolute atomic E-state index is 12.6. The van der Waals surface area contributed by atoms with Crippen molar-refractivity contribution in [2.75, 3.05) is 25.0 Å². The molecule has 29 heavy (non-hydrogen) atoms. The van der Waals surface area contributed by atoms with Gasteiger partial charge in [0.15, 0.2) is 11.7 Å². The van der Waals surface area contributed by atoms with Crippen molar-refractivity contribution in [2.24, 2.45) is 5.92 Å². The number of anilines is 1. The Balaban J connectivity index is 1.49. The average Bonchev–Trinajstić information content (AvgIpc) is 3.10. The van der Waals surface area contributed by atoms with Crippen LogP contribution < -0.4 is 10.1 Å². The van der Waals surface area contributed by atoms with Gasteiger partial charge < -0.3 is 15.0 Å². The molecule has 3 rings (SSSR count). The van der Waals surface area contributed by atoms with Crippen LogP contribution in [0.3, 0.4) is 0 Å². The lowest BCUT2D eigenvalue weighted by Crippen LogP contribution is -2.43. The molecule has 156 valence electrons. The van der Waals surface area contributed by atoms with Gasteiger partial charge in [-0.15, -0.1) is 11.3 Å². The number of aryl methyl sites for hydroxylation is 2. The molecule has 2 aromatic rings. The molecular weight excluding hydrogens is 386 g/mol. The van der Waals surface area contributed by atoms with E-state index in [4.69, 9.17) is 4.74 Å². The molecule has 0 aliphatic carbocycles. The van der Waals surface area contributed by atoms with Crippen LogP contribution in [0.1, 0.15) is 49.4 Å². The topological polar surface area (TPSA) is 71.5 Å². The summed E-state index contributed by atoms with van der Waals surface area (Å²) >= 11 is 1.43. The van der Waals surface area contributed by atoms with Crippen LogP contribution in [0.25, 0.3) is 0 Å². The van der Waals surface area contributed by atoms with Gasteiger partial charge >= 0.3 is 0 Å². The van der Waals surface area contributed by atoms with E-state index in [1.54, 1.807) is 4.90 Å². The number of piperidine rings is 1. The van der Waals surface area contributed by atoms with Crippen LogP contribution in [-0.2, 0) is 9.59 Å². The summed E-state index contributed by atoms with van der Waals surface area (Å²) < 4.78 is 5.87. The highest BCUT2D eigenvalue weighted by Crippen LogP contribution is 2.28. The van der Waals surface area contributed by atoms with Crippen molar-refractivity contribution in [1.29, 1.82) is 0 Å². The predicted molar refractivity (Wildman–Crippen MR) is 116 cm³/mol. The highest BCUT2D eigenvalue weighted by Gasteiger charge is 2.28. The van der Waals surface area contributed by atoms with Crippen molar-refractivity contribution in [2.45, 2.75) is 46.5 Å². The van der Waals surface area contributed by atoms with E-state index < -0.39 is 0 Å². The maximum Gasteiger partial charge on any atom is 0.260 e. The van der Waals surface area contributed by atoms with E-state index in [9.17, 15) is 9.59 Å². The summed E-state index contributed by atoms with van der Waals surface area (Å²) in [5, 5.41) is 5.44. The number of ether oxygens (including phenoxy) is 1. The number of nitrogens with one attached hydrogen (secondary N) is 1. The lowest BCUT2D eigenvalue weighted by atomic mass is 9.96.